The molecular weight excluding hydrogens is 781 g/mol. The topological polar surface area (TPSA) is 78.9 Å². The summed E-state index contributed by atoms with van der Waals surface area (Å²) in [6.07, 6.45) is 58.0. The van der Waals surface area contributed by atoms with Crippen molar-refractivity contribution in [2.45, 2.75) is 335 Å². The van der Waals surface area contributed by atoms with Crippen LogP contribution in [0.5, 0.6) is 0 Å². The average molecular weight is 892 g/mol. The highest BCUT2D eigenvalue weighted by atomic mass is 16.6. The first-order chi connectivity index (χ1) is 31.0. The van der Waals surface area contributed by atoms with Gasteiger partial charge in [0.05, 0.1) is 0 Å². The first-order valence-electron chi connectivity index (χ1n) is 28.5. The fourth-order valence-electron chi connectivity index (χ4n) is 8.80. The van der Waals surface area contributed by atoms with E-state index in [1.165, 1.54) is 231 Å². The van der Waals surface area contributed by atoms with Crippen LogP contribution in [-0.4, -0.2) is 37.2 Å². The van der Waals surface area contributed by atoms with Gasteiger partial charge in [-0.15, -0.1) is 0 Å². The minimum atomic E-state index is -0.760. The molecule has 6 heteroatoms. The third-order valence-electron chi connectivity index (χ3n) is 13.1. The van der Waals surface area contributed by atoms with Gasteiger partial charge in [0.25, 0.3) is 0 Å². The van der Waals surface area contributed by atoms with Crippen molar-refractivity contribution in [3.8, 4) is 0 Å². The maximum absolute atomic E-state index is 12.8. The summed E-state index contributed by atoms with van der Waals surface area (Å²) in [5.74, 6) is -0.833. The van der Waals surface area contributed by atoms with Crippen molar-refractivity contribution in [2.24, 2.45) is 0 Å². The van der Waals surface area contributed by atoms with Gasteiger partial charge >= 0.3 is 17.9 Å². The lowest BCUT2D eigenvalue weighted by Crippen LogP contribution is -2.30. The van der Waals surface area contributed by atoms with Crippen molar-refractivity contribution in [2.75, 3.05) is 13.2 Å². The van der Waals surface area contributed by atoms with Gasteiger partial charge in [-0.2, -0.15) is 0 Å². The molecule has 1 atom stereocenters. The molecule has 0 saturated heterocycles. The largest absolute Gasteiger partial charge is 0.462 e. The van der Waals surface area contributed by atoms with Crippen molar-refractivity contribution in [3.05, 3.63) is 0 Å². The Hall–Kier alpha value is -1.59. The van der Waals surface area contributed by atoms with Crippen LogP contribution in [0, 0.1) is 0 Å². The van der Waals surface area contributed by atoms with Crippen LogP contribution >= 0.6 is 0 Å². The molecule has 0 amide bonds. The van der Waals surface area contributed by atoms with E-state index < -0.39 is 6.10 Å². The van der Waals surface area contributed by atoms with E-state index in [1.54, 1.807) is 0 Å². The van der Waals surface area contributed by atoms with Gasteiger partial charge in [0.15, 0.2) is 6.10 Å². The molecule has 6 nitrogen and oxygen atoms in total. The Morgan fingerprint density at radius 1 is 0.254 bits per heavy atom. The molecule has 0 aliphatic heterocycles. The molecule has 0 saturated carbocycles. The van der Waals surface area contributed by atoms with Crippen LogP contribution in [0.3, 0.4) is 0 Å². The quantitative estimate of drug-likeness (QED) is 0.0344. The smallest absolute Gasteiger partial charge is 0.306 e. The van der Waals surface area contributed by atoms with Crippen LogP contribution in [0.4, 0.5) is 0 Å². The summed E-state index contributed by atoms with van der Waals surface area (Å²) in [5.41, 5.74) is 0. The fourth-order valence-corrected chi connectivity index (χ4v) is 8.80. The monoisotopic (exact) mass is 891 g/mol. The Labute approximate surface area is 393 Å². The minimum absolute atomic E-state index is 0.0611. The Morgan fingerprint density at radius 3 is 0.635 bits per heavy atom. The molecule has 0 aromatic heterocycles. The summed E-state index contributed by atoms with van der Waals surface area (Å²) in [7, 11) is 0. The number of ether oxygens (including phenoxy) is 3. The van der Waals surface area contributed by atoms with Gasteiger partial charge in [0.1, 0.15) is 13.2 Å². The van der Waals surface area contributed by atoms with E-state index >= 15 is 0 Å². The van der Waals surface area contributed by atoms with Crippen LogP contribution in [0.15, 0.2) is 0 Å². The zero-order valence-electron chi connectivity index (χ0n) is 42.9. The van der Waals surface area contributed by atoms with E-state index in [2.05, 4.69) is 20.8 Å². The molecule has 0 rings (SSSR count). The Morgan fingerprint density at radius 2 is 0.429 bits per heavy atom. The molecule has 0 N–H and O–H groups in total. The Kier molecular flexibility index (Phi) is 51.7. The van der Waals surface area contributed by atoms with Gasteiger partial charge in [-0.25, -0.2) is 0 Å². The number of carbonyl (C=O) groups excluding carboxylic acids is 3. The van der Waals surface area contributed by atoms with E-state index in [0.717, 1.165) is 57.8 Å². The maximum atomic E-state index is 12.8. The first kappa shape index (κ1) is 61.4. The van der Waals surface area contributed by atoms with Crippen LogP contribution in [0.25, 0.3) is 0 Å². The van der Waals surface area contributed by atoms with E-state index in [9.17, 15) is 14.4 Å². The lowest BCUT2D eigenvalue weighted by Gasteiger charge is -2.18. The number of carbonyl (C=O) groups is 3. The van der Waals surface area contributed by atoms with E-state index in [1.807, 2.05) is 0 Å². The molecular formula is C57H110O6. The summed E-state index contributed by atoms with van der Waals surface area (Å²) in [6, 6.07) is 0. The van der Waals surface area contributed by atoms with Gasteiger partial charge in [-0.1, -0.05) is 290 Å². The second-order valence-corrected chi connectivity index (χ2v) is 19.6. The normalized spacial score (nSPS) is 11.9. The van der Waals surface area contributed by atoms with Gasteiger partial charge in [0, 0.05) is 19.3 Å². The lowest BCUT2D eigenvalue weighted by molar-refractivity contribution is -0.167. The van der Waals surface area contributed by atoms with Crippen LogP contribution in [0.2, 0.25) is 0 Å². The van der Waals surface area contributed by atoms with Crippen molar-refractivity contribution in [1.29, 1.82) is 0 Å². The second kappa shape index (κ2) is 53.0. The second-order valence-electron chi connectivity index (χ2n) is 19.6. The zero-order chi connectivity index (χ0) is 45.8. The number of rotatable bonds is 53. The number of esters is 3. The van der Waals surface area contributed by atoms with Gasteiger partial charge in [-0.3, -0.25) is 14.4 Å². The van der Waals surface area contributed by atoms with E-state index in [0.29, 0.717) is 19.3 Å². The number of hydrogen-bond acceptors (Lipinski definition) is 6. The first-order valence-corrected chi connectivity index (χ1v) is 28.5. The zero-order valence-corrected chi connectivity index (χ0v) is 42.9. The van der Waals surface area contributed by atoms with E-state index in [4.69, 9.17) is 14.2 Å². The summed E-state index contributed by atoms with van der Waals surface area (Å²) < 4.78 is 16.9. The molecule has 63 heavy (non-hydrogen) atoms. The predicted octanol–water partition coefficient (Wildman–Crippen LogP) is 18.8. The third-order valence-corrected chi connectivity index (χ3v) is 13.1. The summed E-state index contributed by atoms with van der Waals surface area (Å²) in [6.45, 7) is 6.70. The third kappa shape index (κ3) is 51.3. The Bertz CT molecular complexity index is 936. The van der Waals surface area contributed by atoms with Gasteiger partial charge in [-0.05, 0) is 19.3 Å². The summed E-state index contributed by atoms with van der Waals surface area (Å²) in [5, 5.41) is 0. The highest BCUT2D eigenvalue weighted by Crippen LogP contribution is 2.18. The fraction of sp³-hybridized carbons (Fsp3) is 0.947. The molecule has 0 aromatic carbocycles. The standard InChI is InChI=1S/C57H110O6/c1-4-7-10-13-16-19-22-25-27-29-31-32-35-38-41-44-47-50-56(59)62-53-54(52-61-55(58)49-46-43-40-37-34-24-21-18-15-12-9-6-3)63-57(60)51-48-45-42-39-36-33-30-28-26-23-20-17-14-11-8-5-2/h54H,4-53H2,1-3H3/t54-/m0/s1. The van der Waals surface area contributed by atoms with Gasteiger partial charge in [0.2, 0.25) is 0 Å². The Balaban J connectivity index is 4.27. The van der Waals surface area contributed by atoms with Crippen molar-refractivity contribution in [3.63, 3.8) is 0 Å². The molecule has 0 spiro atoms. The lowest BCUT2D eigenvalue weighted by atomic mass is 10.0. The molecule has 0 radical (unpaired) electrons. The average Bonchev–Trinajstić information content (AvgIpc) is 3.28. The van der Waals surface area contributed by atoms with Gasteiger partial charge < -0.3 is 14.2 Å². The van der Waals surface area contributed by atoms with Crippen LogP contribution in [0.1, 0.15) is 329 Å². The molecule has 0 fully saturated rings. The molecule has 0 aliphatic rings. The predicted molar refractivity (Wildman–Crippen MR) is 270 cm³/mol. The van der Waals surface area contributed by atoms with E-state index in [-0.39, 0.29) is 31.1 Å². The van der Waals surface area contributed by atoms with Crippen molar-refractivity contribution >= 4 is 17.9 Å². The number of unbranched alkanes of at least 4 members (excludes halogenated alkanes) is 42. The van der Waals surface area contributed by atoms with Crippen LogP contribution < -0.4 is 0 Å². The molecule has 0 unspecified atom stereocenters. The summed E-state index contributed by atoms with van der Waals surface area (Å²) in [4.78, 5) is 38.1. The van der Waals surface area contributed by atoms with Crippen LogP contribution in [-0.2, 0) is 28.6 Å². The summed E-state index contributed by atoms with van der Waals surface area (Å²) >= 11 is 0. The minimum Gasteiger partial charge on any atom is -0.462 e. The molecule has 0 bridgehead atoms. The van der Waals surface area contributed by atoms with Crippen molar-refractivity contribution in [1.82, 2.24) is 0 Å². The molecule has 374 valence electrons. The highest BCUT2D eigenvalue weighted by molar-refractivity contribution is 5.71. The highest BCUT2D eigenvalue weighted by Gasteiger charge is 2.19. The molecule has 0 aromatic rings. The van der Waals surface area contributed by atoms with Crippen molar-refractivity contribution < 1.29 is 28.6 Å². The maximum Gasteiger partial charge on any atom is 0.306 e. The SMILES string of the molecule is CCCCCCCCCCCCCCCCCCCC(=O)OC[C@H](COC(=O)CCCCCCCCCCCCCC)OC(=O)CCCCCCCCCCCCCCCCCC. The molecule has 0 aliphatic carbocycles. The number of hydrogen-bond donors (Lipinski definition) is 0. The molecule has 0 heterocycles.